The van der Waals surface area contributed by atoms with E-state index in [1.165, 1.54) is 0 Å². The number of ketones is 1. The highest BCUT2D eigenvalue weighted by molar-refractivity contribution is 5.81. The molecule has 5 heteroatoms. The van der Waals surface area contributed by atoms with E-state index in [2.05, 4.69) is 0 Å². The van der Waals surface area contributed by atoms with Crippen LogP contribution < -0.4 is 0 Å². The maximum absolute atomic E-state index is 11.4. The lowest BCUT2D eigenvalue weighted by atomic mass is 9.79. The van der Waals surface area contributed by atoms with Crippen molar-refractivity contribution in [2.45, 2.75) is 63.0 Å². The smallest absolute Gasteiger partial charge is 0.190 e. The quantitative estimate of drug-likeness (QED) is 0.648. The summed E-state index contributed by atoms with van der Waals surface area (Å²) >= 11 is 0. The summed E-state index contributed by atoms with van der Waals surface area (Å²) in [6.45, 7) is 3.55. The minimum atomic E-state index is -1.20. The fourth-order valence-corrected chi connectivity index (χ4v) is 2.86. The molecular formula is C11H16O5. The van der Waals surface area contributed by atoms with Gasteiger partial charge in [-0.1, -0.05) is 0 Å². The normalized spacial score (nSPS) is 50.2. The van der Waals surface area contributed by atoms with Crippen LogP contribution in [0.1, 0.15) is 33.1 Å². The first-order chi connectivity index (χ1) is 7.41. The number of carbonyl (C=O) groups is 1. The van der Waals surface area contributed by atoms with Crippen LogP contribution in [0, 0.1) is 0 Å². The van der Waals surface area contributed by atoms with Crippen molar-refractivity contribution >= 4 is 5.78 Å². The standard InChI is InChI=1S/C11H16O5/c1-10(2)15-8-9(16-10)14-7-4-3-6(12)5-11(7,8)13/h7-9,13H,3-5H2,1-2H3/t7?,8-,9+,11?/m0/s1. The summed E-state index contributed by atoms with van der Waals surface area (Å²) in [5.41, 5.74) is -1.20. The number of rotatable bonds is 0. The van der Waals surface area contributed by atoms with Crippen LogP contribution in [0.4, 0.5) is 0 Å². The van der Waals surface area contributed by atoms with Crippen LogP contribution in [0.5, 0.6) is 0 Å². The predicted molar refractivity (Wildman–Crippen MR) is 52.5 cm³/mol. The fourth-order valence-electron chi connectivity index (χ4n) is 2.86. The number of fused-ring (bicyclic) bond motifs is 3. The molecule has 4 atom stereocenters. The van der Waals surface area contributed by atoms with E-state index >= 15 is 0 Å². The van der Waals surface area contributed by atoms with Gasteiger partial charge in [0.2, 0.25) is 0 Å². The molecule has 3 aliphatic rings. The first-order valence-electron chi connectivity index (χ1n) is 5.66. The second-order valence-electron chi connectivity index (χ2n) is 5.29. The zero-order chi connectivity index (χ0) is 11.6. The van der Waals surface area contributed by atoms with Crippen molar-refractivity contribution in [3.8, 4) is 0 Å². The molecule has 90 valence electrons. The van der Waals surface area contributed by atoms with Crippen LogP contribution in [-0.2, 0) is 19.0 Å². The number of Topliss-reactive ketones (excluding diaryl/α,β-unsaturated/α-hetero) is 1. The first-order valence-corrected chi connectivity index (χ1v) is 5.66. The van der Waals surface area contributed by atoms with E-state index in [0.717, 1.165) is 0 Å². The average Bonchev–Trinajstić information content (AvgIpc) is 2.57. The summed E-state index contributed by atoms with van der Waals surface area (Å²) in [5, 5.41) is 10.5. The van der Waals surface area contributed by atoms with Gasteiger partial charge in [-0.15, -0.1) is 0 Å². The van der Waals surface area contributed by atoms with Crippen molar-refractivity contribution in [3.63, 3.8) is 0 Å². The highest BCUT2D eigenvalue weighted by Gasteiger charge is 2.64. The predicted octanol–water partition coefficient (Wildman–Crippen LogP) is 0.347. The van der Waals surface area contributed by atoms with Crippen molar-refractivity contribution in [2.75, 3.05) is 0 Å². The summed E-state index contributed by atoms with van der Waals surface area (Å²) in [5.74, 6) is -0.687. The van der Waals surface area contributed by atoms with Gasteiger partial charge in [0, 0.05) is 12.8 Å². The third kappa shape index (κ3) is 1.35. The number of ether oxygens (including phenoxy) is 3. The number of hydrogen-bond donors (Lipinski definition) is 1. The van der Waals surface area contributed by atoms with Gasteiger partial charge in [-0.25, -0.2) is 0 Å². The van der Waals surface area contributed by atoms with E-state index in [4.69, 9.17) is 14.2 Å². The molecule has 0 aromatic carbocycles. The minimum absolute atomic E-state index is 0.0660. The fraction of sp³-hybridized carbons (Fsp3) is 0.909. The lowest BCUT2D eigenvalue weighted by Gasteiger charge is -2.36. The maximum atomic E-state index is 11.4. The summed E-state index contributed by atoms with van der Waals surface area (Å²) in [6, 6.07) is 0. The Morgan fingerprint density at radius 1 is 1.38 bits per heavy atom. The van der Waals surface area contributed by atoms with Gasteiger partial charge < -0.3 is 19.3 Å². The lowest BCUT2D eigenvalue weighted by molar-refractivity contribution is -0.233. The third-order valence-corrected chi connectivity index (χ3v) is 3.57. The highest BCUT2D eigenvalue weighted by Crippen LogP contribution is 2.47. The second kappa shape index (κ2) is 3.04. The third-order valence-electron chi connectivity index (χ3n) is 3.57. The topological polar surface area (TPSA) is 65.0 Å². The molecule has 2 aliphatic heterocycles. The molecule has 3 fully saturated rings. The minimum Gasteiger partial charge on any atom is -0.384 e. The van der Waals surface area contributed by atoms with E-state index in [9.17, 15) is 9.90 Å². The summed E-state index contributed by atoms with van der Waals surface area (Å²) in [6.07, 6.45) is -0.298. The van der Waals surface area contributed by atoms with Crippen LogP contribution >= 0.6 is 0 Å². The lowest BCUT2D eigenvalue weighted by Crippen LogP contribution is -2.52. The van der Waals surface area contributed by atoms with Crippen molar-refractivity contribution in [3.05, 3.63) is 0 Å². The monoisotopic (exact) mass is 228 g/mol. The summed E-state index contributed by atoms with van der Waals surface area (Å²) < 4.78 is 16.8. The van der Waals surface area contributed by atoms with Gasteiger partial charge in [-0.2, -0.15) is 0 Å². The Hall–Kier alpha value is -0.490. The first kappa shape index (κ1) is 10.7. The molecule has 2 unspecified atom stereocenters. The Kier molecular flexibility index (Phi) is 2.02. The Morgan fingerprint density at radius 3 is 2.88 bits per heavy atom. The van der Waals surface area contributed by atoms with Crippen LogP contribution in [0.25, 0.3) is 0 Å². The van der Waals surface area contributed by atoms with Crippen molar-refractivity contribution in [2.24, 2.45) is 0 Å². The molecule has 0 aromatic heterocycles. The Labute approximate surface area is 93.7 Å². The number of carbonyl (C=O) groups excluding carboxylic acids is 1. The number of aliphatic hydroxyl groups is 1. The molecule has 0 radical (unpaired) electrons. The second-order valence-corrected chi connectivity index (χ2v) is 5.29. The molecule has 16 heavy (non-hydrogen) atoms. The van der Waals surface area contributed by atoms with Crippen molar-refractivity contribution in [1.82, 2.24) is 0 Å². The van der Waals surface area contributed by atoms with Crippen molar-refractivity contribution < 1.29 is 24.1 Å². The molecule has 3 rings (SSSR count). The van der Waals surface area contributed by atoms with Crippen LogP contribution in [0.2, 0.25) is 0 Å². The van der Waals surface area contributed by atoms with Gasteiger partial charge in [-0.3, -0.25) is 4.79 Å². The molecule has 0 aromatic rings. The zero-order valence-electron chi connectivity index (χ0n) is 9.43. The van der Waals surface area contributed by atoms with E-state index in [0.29, 0.717) is 12.8 Å². The molecule has 5 nitrogen and oxygen atoms in total. The van der Waals surface area contributed by atoms with Crippen LogP contribution in [0.15, 0.2) is 0 Å². The van der Waals surface area contributed by atoms with Gasteiger partial charge in [0.05, 0.1) is 6.10 Å². The maximum Gasteiger partial charge on any atom is 0.190 e. The Bertz CT molecular complexity index is 339. The van der Waals surface area contributed by atoms with Crippen molar-refractivity contribution in [1.29, 1.82) is 0 Å². The van der Waals surface area contributed by atoms with E-state index < -0.39 is 23.8 Å². The molecule has 0 amide bonds. The molecule has 0 bridgehead atoms. The Balaban J connectivity index is 1.89. The zero-order valence-corrected chi connectivity index (χ0v) is 9.43. The van der Waals surface area contributed by atoms with Gasteiger partial charge in [0.15, 0.2) is 12.1 Å². The molecule has 1 saturated carbocycles. The van der Waals surface area contributed by atoms with Gasteiger partial charge >= 0.3 is 0 Å². The summed E-state index contributed by atoms with van der Waals surface area (Å²) in [4.78, 5) is 11.4. The largest absolute Gasteiger partial charge is 0.384 e. The van der Waals surface area contributed by atoms with E-state index in [1.54, 1.807) is 13.8 Å². The molecule has 0 spiro atoms. The highest BCUT2D eigenvalue weighted by atomic mass is 16.8. The summed E-state index contributed by atoms with van der Waals surface area (Å²) in [7, 11) is 0. The van der Waals surface area contributed by atoms with Gasteiger partial charge in [0.1, 0.15) is 17.5 Å². The van der Waals surface area contributed by atoms with Gasteiger partial charge in [0.25, 0.3) is 0 Å². The van der Waals surface area contributed by atoms with E-state index in [1.807, 2.05) is 0 Å². The molecule has 2 saturated heterocycles. The van der Waals surface area contributed by atoms with E-state index in [-0.39, 0.29) is 18.3 Å². The Morgan fingerprint density at radius 2 is 2.12 bits per heavy atom. The van der Waals surface area contributed by atoms with Crippen LogP contribution in [-0.4, -0.2) is 40.8 Å². The SMILES string of the molecule is CC1(C)O[C@H]2OC3CCC(=O)CC3(O)[C@H]2O1. The average molecular weight is 228 g/mol. The molecule has 1 N–H and O–H groups in total. The molecule has 2 heterocycles. The van der Waals surface area contributed by atoms with Crippen LogP contribution in [0.3, 0.4) is 0 Å². The van der Waals surface area contributed by atoms with Gasteiger partial charge in [-0.05, 0) is 20.3 Å². The number of hydrogen-bond acceptors (Lipinski definition) is 5. The molecular weight excluding hydrogens is 212 g/mol. The molecule has 1 aliphatic carbocycles.